The van der Waals surface area contributed by atoms with Crippen LogP contribution in [0, 0.1) is 6.92 Å². The van der Waals surface area contributed by atoms with Gasteiger partial charge in [0.25, 0.3) is 0 Å². The summed E-state index contributed by atoms with van der Waals surface area (Å²) in [7, 11) is 1.78. The van der Waals surface area contributed by atoms with E-state index in [9.17, 15) is 0 Å². The van der Waals surface area contributed by atoms with Crippen molar-refractivity contribution in [2.45, 2.75) is 76.7 Å². The summed E-state index contributed by atoms with van der Waals surface area (Å²) in [6.45, 7) is 2.41. The first-order valence-electron chi connectivity index (χ1n) is 11.7. The number of rotatable bonds is 8. The topological polar surface area (TPSA) is 115 Å². The molecular weight excluding hydrogens is 422 g/mol. The minimum absolute atomic E-state index is 0.291. The average Bonchev–Trinajstić information content (AvgIpc) is 3.47. The third-order valence-electron chi connectivity index (χ3n) is 6.46. The van der Waals surface area contributed by atoms with E-state index in [1.807, 2.05) is 19.1 Å². The minimum Gasteiger partial charge on any atom is -0.489 e. The van der Waals surface area contributed by atoms with E-state index in [2.05, 4.69) is 14.7 Å². The van der Waals surface area contributed by atoms with Gasteiger partial charge in [0.05, 0.1) is 35.4 Å². The Balaban J connectivity index is 1.44. The van der Waals surface area contributed by atoms with Crippen LogP contribution in [0.3, 0.4) is 0 Å². The van der Waals surface area contributed by atoms with Gasteiger partial charge in [-0.25, -0.2) is 15.8 Å². The van der Waals surface area contributed by atoms with Gasteiger partial charge in [-0.2, -0.15) is 4.37 Å². The SMILES string of the molecule is Cc1nc(/C(N)=C(\CNc2nc(C3CCCC3)ns2)N(C)N)ccc1OC1CCCCC1. The Morgan fingerprint density at radius 2 is 1.84 bits per heavy atom. The van der Waals surface area contributed by atoms with Crippen molar-refractivity contribution in [1.82, 2.24) is 19.4 Å². The number of pyridine rings is 1. The van der Waals surface area contributed by atoms with Gasteiger partial charge >= 0.3 is 0 Å². The highest BCUT2D eigenvalue weighted by Gasteiger charge is 2.22. The molecule has 2 saturated carbocycles. The molecule has 0 saturated heterocycles. The normalized spacial score (nSPS) is 18.5. The van der Waals surface area contributed by atoms with Crippen molar-refractivity contribution >= 4 is 22.4 Å². The monoisotopic (exact) mass is 457 g/mol. The first-order valence-corrected chi connectivity index (χ1v) is 12.5. The maximum atomic E-state index is 6.49. The molecule has 2 aromatic heterocycles. The quantitative estimate of drug-likeness (QED) is 0.400. The number of hydrogen-bond acceptors (Lipinski definition) is 9. The second kappa shape index (κ2) is 10.5. The van der Waals surface area contributed by atoms with Crippen molar-refractivity contribution in [1.29, 1.82) is 0 Å². The second-order valence-electron chi connectivity index (χ2n) is 8.92. The molecule has 0 atom stereocenters. The molecule has 2 aromatic rings. The van der Waals surface area contributed by atoms with Gasteiger partial charge in [0.15, 0.2) is 0 Å². The van der Waals surface area contributed by atoms with Gasteiger partial charge in [-0.3, -0.25) is 0 Å². The molecule has 4 rings (SSSR count). The predicted molar refractivity (Wildman–Crippen MR) is 129 cm³/mol. The fourth-order valence-electron chi connectivity index (χ4n) is 4.56. The maximum Gasteiger partial charge on any atom is 0.202 e. The summed E-state index contributed by atoms with van der Waals surface area (Å²) < 4.78 is 10.7. The molecular formula is C23H35N7OS. The zero-order valence-electron chi connectivity index (χ0n) is 19.1. The van der Waals surface area contributed by atoms with E-state index in [0.29, 0.717) is 30.0 Å². The Labute approximate surface area is 194 Å². The Morgan fingerprint density at radius 3 is 2.53 bits per heavy atom. The lowest BCUT2D eigenvalue weighted by molar-refractivity contribution is 0.153. The van der Waals surface area contributed by atoms with Gasteiger partial charge in [-0.05, 0) is 57.6 Å². The molecule has 5 N–H and O–H groups in total. The third kappa shape index (κ3) is 5.50. The number of aryl methyl sites for hydroxylation is 1. The minimum atomic E-state index is 0.291. The van der Waals surface area contributed by atoms with Crippen molar-refractivity contribution < 1.29 is 4.74 Å². The zero-order chi connectivity index (χ0) is 22.5. The fraction of sp³-hybridized carbons (Fsp3) is 0.609. The van der Waals surface area contributed by atoms with E-state index < -0.39 is 0 Å². The average molecular weight is 458 g/mol. The van der Waals surface area contributed by atoms with Gasteiger partial charge in [0.1, 0.15) is 11.6 Å². The molecule has 2 fully saturated rings. The summed E-state index contributed by atoms with van der Waals surface area (Å²) in [5, 5.41) is 5.66. The number of likely N-dealkylation sites (N-methyl/N-ethyl adjacent to an activating group) is 1. The summed E-state index contributed by atoms with van der Waals surface area (Å²) in [4.78, 5) is 9.39. The van der Waals surface area contributed by atoms with Crippen molar-refractivity contribution in [2.24, 2.45) is 11.6 Å². The largest absolute Gasteiger partial charge is 0.489 e. The van der Waals surface area contributed by atoms with Crippen LogP contribution >= 0.6 is 11.5 Å². The predicted octanol–water partition coefficient (Wildman–Crippen LogP) is 4.16. The number of nitrogens with zero attached hydrogens (tertiary/aromatic N) is 4. The van der Waals surface area contributed by atoms with Gasteiger partial charge < -0.3 is 20.8 Å². The lowest BCUT2D eigenvalue weighted by Crippen LogP contribution is -2.32. The highest BCUT2D eigenvalue weighted by Crippen LogP contribution is 2.33. The van der Waals surface area contributed by atoms with E-state index in [1.54, 1.807) is 7.05 Å². The van der Waals surface area contributed by atoms with E-state index in [-0.39, 0.29) is 0 Å². The van der Waals surface area contributed by atoms with Crippen LogP contribution in [0.15, 0.2) is 17.8 Å². The zero-order valence-corrected chi connectivity index (χ0v) is 20.0. The first-order chi connectivity index (χ1) is 15.5. The number of ether oxygens (including phenoxy) is 1. The van der Waals surface area contributed by atoms with Crippen LogP contribution in [-0.2, 0) is 0 Å². The molecule has 8 nitrogen and oxygen atoms in total. The number of hydrazine groups is 1. The lowest BCUT2D eigenvalue weighted by Gasteiger charge is -2.24. The highest BCUT2D eigenvalue weighted by atomic mass is 32.1. The smallest absolute Gasteiger partial charge is 0.202 e. The van der Waals surface area contributed by atoms with Crippen LogP contribution in [0.4, 0.5) is 5.13 Å². The van der Waals surface area contributed by atoms with Gasteiger partial charge in [0, 0.05) is 24.5 Å². The molecule has 174 valence electrons. The van der Waals surface area contributed by atoms with Gasteiger partial charge in [0.2, 0.25) is 5.13 Å². The van der Waals surface area contributed by atoms with Crippen LogP contribution < -0.4 is 21.6 Å². The Hall–Kier alpha value is -2.39. The van der Waals surface area contributed by atoms with Crippen LogP contribution in [0.2, 0.25) is 0 Å². The van der Waals surface area contributed by atoms with E-state index in [0.717, 1.165) is 40.9 Å². The van der Waals surface area contributed by atoms with Crippen LogP contribution in [-0.4, -0.2) is 39.0 Å². The summed E-state index contributed by atoms with van der Waals surface area (Å²) >= 11 is 1.39. The molecule has 9 heteroatoms. The summed E-state index contributed by atoms with van der Waals surface area (Å²) in [6.07, 6.45) is 11.2. The standard InChI is InChI=1S/C23H35N7OS/c1-15-20(31-17-10-4-3-5-11-17)13-12-18(27-15)21(24)19(30(2)25)14-26-23-28-22(29-32-23)16-8-6-7-9-16/h12-13,16-17H,3-11,14,24-25H2,1-2H3,(H,26,28,29)/b21-19-. The first kappa shape index (κ1) is 22.8. The number of nitrogens with two attached hydrogens (primary N) is 2. The van der Waals surface area contributed by atoms with Gasteiger partial charge in [-0.15, -0.1) is 0 Å². The number of nitrogens with one attached hydrogen (secondary N) is 1. The van der Waals surface area contributed by atoms with Gasteiger partial charge in [-0.1, -0.05) is 19.3 Å². The fourth-order valence-corrected chi connectivity index (χ4v) is 5.20. The van der Waals surface area contributed by atoms with Crippen LogP contribution in [0.1, 0.15) is 80.9 Å². The lowest BCUT2D eigenvalue weighted by atomic mass is 9.98. The van der Waals surface area contributed by atoms with E-state index in [1.165, 1.54) is 61.5 Å². The molecule has 0 amide bonds. The molecule has 0 unspecified atom stereocenters. The Bertz CT molecular complexity index is 930. The number of anilines is 1. The molecule has 0 spiro atoms. The Kier molecular flexibility index (Phi) is 7.47. The van der Waals surface area contributed by atoms with Crippen molar-refractivity contribution in [3.05, 3.63) is 35.0 Å². The third-order valence-corrected chi connectivity index (χ3v) is 7.15. The molecule has 0 aromatic carbocycles. The molecule has 2 heterocycles. The van der Waals surface area contributed by atoms with Crippen molar-refractivity contribution in [2.75, 3.05) is 18.9 Å². The van der Waals surface area contributed by atoms with Crippen LogP contribution in [0.5, 0.6) is 5.75 Å². The summed E-state index contributed by atoms with van der Waals surface area (Å²) in [6, 6.07) is 3.88. The number of hydrogen-bond donors (Lipinski definition) is 3. The molecule has 2 aliphatic rings. The second-order valence-corrected chi connectivity index (χ2v) is 9.67. The summed E-state index contributed by atoms with van der Waals surface area (Å²) in [5.74, 6) is 8.40. The summed E-state index contributed by atoms with van der Waals surface area (Å²) in [5.41, 5.74) is 9.31. The molecule has 0 radical (unpaired) electrons. The van der Waals surface area contributed by atoms with E-state index >= 15 is 0 Å². The maximum absolute atomic E-state index is 6.49. The molecule has 0 bridgehead atoms. The van der Waals surface area contributed by atoms with Crippen molar-refractivity contribution in [3.8, 4) is 5.75 Å². The Morgan fingerprint density at radius 1 is 1.12 bits per heavy atom. The highest BCUT2D eigenvalue weighted by molar-refractivity contribution is 7.09. The molecule has 0 aliphatic heterocycles. The van der Waals surface area contributed by atoms with E-state index in [4.69, 9.17) is 21.3 Å². The van der Waals surface area contributed by atoms with Crippen molar-refractivity contribution in [3.63, 3.8) is 0 Å². The van der Waals surface area contributed by atoms with Crippen LogP contribution in [0.25, 0.3) is 5.70 Å². The molecule has 32 heavy (non-hydrogen) atoms. The molecule has 2 aliphatic carbocycles. The number of aromatic nitrogens is 3.